The van der Waals surface area contributed by atoms with Crippen LogP contribution < -0.4 is 0 Å². The number of halogens is 2. The predicted molar refractivity (Wildman–Crippen MR) is 69.5 cm³/mol. The minimum absolute atomic E-state index is 0.177. The average Bonchev–Trinajstić information content (AvgIpc) is 2.95. The lowest BCUT2D eigenvalue weighted by atomic mass is 10.3. The molecule has 2 aromatic heterocycles. The number of fused-ring (bicyclic) bond motifs is 1. The second kappa shape index (κ2) is 4.65. The first-order chi connectivity index (χ1) is 9.95. The van der Waals surface area contributed by atoms with E-state index in [4.69, 9.17) is 5.11 Å². The van der Waals surface area contributed by atoms with Crippen LogP contribution in [0, 0.1) is 11.6 Å². The van der Waals surface area contributed by atoms with Gasteiger partial charge in [0.1, 0.15) is 12.2 Å². The molecule has 0 radical (unpaired) electrons. The van der Waals surface area contributed by atoms with Crippen molar-refractivity contribution in [3.05, 3.63) is 36.0 Å². The van der Waals surface area contributed by atoms with Gasteiger partial charge < -0.3 is 9.67 Å². The maximum absolute atomic E-state index is 13.4. The molecular weight excluding hydrogens is 282 g/mol. The molecule has 6 nitrogen and oxygen atoms in total. The summed E-state index contributed by atoms with van der Waals surface area (Å²) in [6, 6.07) is 3.52. The van der Waals surface area contributed by atoms with Crippen molar-refractivity contribution in [2.45, 2.75) is 6.54 Å². The van der Waals surface area contributed by atoms with E-state index in [-0.39, 0.29) is 16.9 Å². The molecule has 8 heteroatoms. The fourth-order valence-corrected chi connectivity index (χ4v) is 2.15. The monoisotopic (exact) mass is 292 g/mol. The van der Waals surface area contributed by atoms with Gasteiger partial charge in [0.15, 0.2) is 17.5 Å². The van der Waals surface area contributed by atoms with Gasteiger partial charge in [-0.2, -0.15) is 5.10 Å². The lowest BCUT2D eigenvalue weighted by Gasteiger charge is -2.04. The third kappa shape index (κ3) is 2.24. The molecule has 21 heavy (non-hydrogen) atoms. The van der Waals surface area contributed by atoms with E-state index in [1.165, 1.54) is 9.25 Å². The second-order valence-corrected chi connectivity index (χ2v) is 4.54. The Bertz CT molecular complexity index is 853. The van der Waals surface area contributed by atoms with Gasteiger partial charge in [-0.25, -0.2) is 13.8 Å². The van der Waals surface area contributed by atoms with Gasteiger partial charge in [0, 0.05) is 25.4 Å². The Morgan fingerprint density at radius 1 is 1.33 bits per heavy atom. The summed E-state index contributed by atoms with van der Waals surface area (Å²) in [7, 11) is 1.70. The van der Waals surface area contributed by atoms with Gasteiger partial charge in [0.25, 0.3) is 0 Å². The lowest BCUT2D eigenvalue weighted by Crippen LogP contribution is -2.10. The molecule has 3 rings (SSSR count). The van der Waals surface area contributed by atoms with Crippen LogP contribution in [0.3, 0.4) is 0 Å². The molecule has 0 aliphatic carbocycles. The highest BCUT2D eigenvalue weighted by atomic mass is 19.2. The number of carboxylic acids is 1. The van der Waals surface area contributed by atoms with Gasteiger partial charge in [-0.05, 0) is 6.07 Å². The third-order valence-corrected chi connectivity index (χ3v) is 3.03. The summed E-state index contributed by atoms with van der Waals surface area (Å²) in [5.74, 6) is -2.95. The number of carboxylic acid groups (broad SMARTS) is 1. The zero-order valence-electron chi connectivity index (χ0n) is 10.9. The summed E-state index contributed by atoms with van der Waals surface area (Å²) in [5.41, 5.74) is 0.809. The molecule has 0 saturated carbocycles. The highest BCUT2D eigenvalue weighted by molar-refractivity contribution is 5.82. The summed E-state index contributed by atoms with van der Waals surface area (Å²) in [5, 5.41) is 13.1. The van der Waals surface area contributed by atoms with E-state index >= 15 is 0 Å². The SMILES string of the molecule is Cn1ccc(-c2nc3cc(F)c(F)cc3n2CC(=O)O)n1. The largest absolute Gasteiger partial charge is 0.480 e. The zero-order valence-corrected chi connectivity index (χ0v) is 10.9. The number of benzene rings is 1. The molecule has 0 spiro atoms. The number of hydrogen-bond donors (Lipinski definition) is 1. The van der Waals surface area contributed by atoms with Crippen molar-refractivity contribution >= 4 is 17.0 Å². The van der Waals surface area contributed by atoms with Gasteiger partial charge in [-0.1, -0.05) is 0 Å². The molecule has 0 saturated heterocycles. The van der Waals surface area contributed by atoms with Gasteiger partial charge >= 0.3 is 5.97 Å². The fourth-order valence-electron chi connectivity index (χ4n) is 2.15. The number of aliphatic carboxylic acids is 1. The van der Waals surface area contributed by atoms with Crippen molar-refractivity contribution < 1.29 is 18.7 Å². The number of imidazole rings is 1. The van der Waals surface area contributed by atoms with E-state index < -0.39 is 24.1 Å². The molecule has 1 aromatic carbocycles. The van der Waals surface area contributed by atoms with Crippen LogP contribution in [0.2, 0.25) is 0 Å². The Morgan fingerprint density at radius 2 is 2.05 bits per heavy atom. The van der Waals surface area contributed by atoms with E-state index in [1.54, 1.807) is 19.3 Å². The van der Waals surface area contributed by atoms with E-state index in [1.807, 2.05) is 0 Å². The predicted octanol–water partition coefficient (Wildman–Crippen LogP) is 1.80. The molecule has 0 amide bonds. The van der Waals surface area contributed by atoms with Gasteiger partial charge in [-0.3, -0.25) is 9.48 Å². The normalized spacial score (nSPS) is 11.2. The summed E-state index contributed by atoms with van der Waals surface area (Å²) in [4.78, 5) is 15.2. The van der Waals surface area contributed by atoms with E-state index in [2.05, 4.69) is 10.1 Å². The molecule has 1 N–H and O–H groups in total. The van der Waals surface area contributed by atoms with Crippen LogP contribution in [0.1, 0.15) is 0 Å². The maximum Gasteiger partial charge on any atom is 0.323 e. The standard InChI is InChI=1S/C13H10F2N4O2/c1-18-3-2-9(17-18)13-16-10-4-7(14)8(15)5-11(10)19(13)6-12(20)21/h2-5H,6H2,1H3,(H,20,21). The second-order valence-electron chi connectivity index (χ2n) is 4.54. The van der Waals surface area contributed by atoms with E-state index in [0.717, 1.165) is 12.1 Å². The number of carbonyl (C=O) groups is 1. The highest BCUT2D eigenvalue weighted by Gasteiger charge is 2.18. The van der Waals surface area contributed by atoms with Crippen LogP contribution in [0.25, 0.3) is 22.6 Å². The Kier molecular flexibility index (Phi) is 2.93. The molecule has 0 bridgehead atoms. The van der Waals surface area contributed by atoms with Crippen molar-refractivity contribution in [3.63, 3.8) is 0 Å². The molecule has 0 atom stereocenters. The van der Waals surface area contributed by atoms with Crippen molar-refractivity contribution in [2.75, 3.05) is 0 Å². The van der Waals surface area contributed by atoms with Crippen LogP contribution in [-0.4, -0.2) is 30.4 Å². The summed E-state index contributed by atoms with van der Waals surface area (Å²) in [6.45, 7) is -0.423. The summed E-state index contributed by atoms with van der Waals surface area (Å²) < 4.78 is 29.5. The Labute approximate surface area is 117 Å². The summed E-state index contributed by atoms with van der Waals surface area (Å²) in [6.07, 6.45) is 1.67. The van der Waals surface area contributed by atoms with Gasteiger partial charge in [0.2, 0.25) is 0 Å². The van der Waals surface area contributed by atoms with Crippen LogP contribution >= 0.6 is 0 Å². The molecule has 0 fully saturated rings. The van der Waals surface area contributed by atoms with Crippen LogP contribution in [-0.2, 0) is 18.4 Å². The van der Waals surface area contributed by atoms with Gasteiger partial charge in [-0.15, -0.1) is 0 Å². The van der Waals surface area contributed by atoms with Crippen LogP contribution in [0.5, 0.6) is 0 Å². The maximum atomic E-state index is 13.4. The average molecular weight is 292 g/mol. The minimum Gasteiger partial charge on any atom is -0.480 e. The molecule has 0 aliphatic heterocycles. The van der Waals surface area contributed by atoms with Gasteiger partial charge in [0.05, 0.1) is 11.0 Å². The lowest BCUT2D eigenvalue weighted by molar-refractivity contribution is -0.137. The van der Waals surface area contributed by atoms with Crippen molar-refractivity contribution in [1.82, 2.24) is 19.3 Å². The first-order valence-electron chi connectivity index (χ1n) is 6.03. The van der Waals surface area contributed by atoms with Crippen molar-refractivity contribution in [1.29, 1.82) is 0 Å². The third-order valence-electron chi connectivity index (χ3n) is 3.03. The highest BCUT2D eigenvalue weighted by Crippen LogP contribution is 2.25. The molecule has 0 unspecified atom stereocenters. The zero-order chi connectivity index (χ0) is 15.1. The summed E-state index contributed by atoms with van der Waals surface area (Å²) >= 11 is 0. The first kappa shape index (κ1) is 13.2. The molecule has 0 aliphatic rings. The number of nitrogens with zero attached hydrogens (tertiary/aromatic N) is 4. The minimum atomic E-state index is -1.11. The Morgan fingerprint density at radius 3 is 2.67 bits per heavy atom. The molecule has 108 valence electrons. The molecule has 3 aromatic rings. The topological polar surface area (TPSA) is 72.9 Å². The number of aromatic nitrogens is 4. The first-order valence-corrected chi connectivity index (χ1v) is 6.03. The fraction of sp³-hybridized carbons (Fsp3) is 0.154. The van der Waals surface area contributed by atoms with Crippen LogP contribution in [0.15, 0.2) is 24.4 Å². The van der Waals surface area contributed by atoms with Crippen LogP contribution in [0.4, 0.5) is 8.78 Å². The smallest absolute Gasteiger partial charge is 0.323 e. The molecular formula is C13H10F2N4O2. The Hall–Kier alpha value is -2.77. The Balaban J connectivity index is 2.29. The quantitative estimate of drug-likeness (QED) is 0.799. The number of hydrogen-bond acceptors (Lipinski definition) is 3. The van der Waals surface area contributed by atoms with E-state index in [0.29, 0.717) is 5.69 Å². The number of rotatable bonds is 3. The molecule has 2 heterocycles. The van der Waals surface area contributed by atoms with Crippen molar-refractivity contribution in [3.8, 4) is 11.5 Å². The van der Waals surface area contributed by atoms with Crippen molar-refractivity contribution in [2.24, 2.45) is 7.05 Å². The van der Waals surface area contributed by atoms with E-state index in [9.17, 15) is 13.6 Å². The number of aryl methyl sites for hydroxylation is 1.